The first-order valence-electron chi connectivity index (χ1n) is 20.4. The zero-order valence-electron chi connectivity index (χ0n) is 31.6. The van der Waals surface area contributed by atoms with Crippen LogP contribution in [0.1, 0.15) is 90.9 Å². The van der Waals surface area contributed by atoms with Gasteiger partial charge in [0.1, 0.15) is 17.7 Å². The molecule has 5 aliphatic carbocycles. The minimum Gasteiger partial charge on any atom is -0.484 e. The van der Waals surface area contributed by atoms with E-state index in [0.29, 0.717) is 12.5 Å². The van der Waals surface area contributed by atoms with Crippen molar-refractivity contribution in [2.24, 2.45) is 11.7 Å². The fraction of sp³-hybridized carbons (Fsp3) is 0.260. The minimum atomic E-state index is -0.141. The van der Waals surface area contributed by atoms with Gasteiger partial charge in [-0.3, -0.25) is 0 Å². The summed E-state index contributed by atoms with van der Waals surface area (Å²) < 4.78 is 6.66. The lowest BCUT2D eigenvalue weighted by Crippen LogP contribution is -2.45. The van der Waals surface area contributed by atoms with Gasteiger partial charge in [-0.25, -0.2) is 15.0 Å². The Morgan fingerprint density at radius 1 is 0.786 bits per heavy atom. The molecule has 2 aliphatic heterocycles. The SMILES string of the molecule is NC/C(=C1\NC(C2C=CC=CC2)C(C2=CC(c3nc(C4=CCCC=C4)nc(C4C=CC=C5C6=C(C=CCC6)OC54)n3)=CCC2)c2ccccc21)c1ccccc1. The molecule has 0 fully saturated rings. The Kier molecular flexibility index (Phi) is 9.28. The molecule has 7 aliphatic rings. The summed E-state index contributed by atoms with van der Waals surface area (Å²) >= 11 is 0. The molecule has 0 radical (unpaired) electrons. The van der Waals surface area contributed by atoms with Crippen LogP contribution in [-0.4, -0.2) is 33.6 Å². The van der Waals surface area contributed by atoms with Crippen molar-refractivity contribution in [1.29, 1.82) is 0 Å². The zero-order valence-corrected chi connectivity index (χ0v) is 31.6. The molecule has 5 unspecified atom stereocenters. The summed E-state index contributed by atoms with van der Waals surface area (Å²) in [4.78, 5) is 15.8. The number of ether oxygens (including phenoxy) is 1. The topological polar surface area (TPSA) is 86.0 Å². The Morgan fingerprint density at radius 3 is 2.46 bits per heavy atom. The number of fused-ring (bicyclic) bond motifs is 3. The van der Waals surface area contributed by atoms with Crippen molar-refractivity contribution in [3.05, 3.63) is 196 Å². The first-order valence-corrected chi connectivity index (χ1v) is 20.4. The minimum absolute atomic E-state index is 0.119. The second-order valence-electron chi connectivity index (χ2n) is 15.6. The van der Waals surface area contributed by atoms with E-state index >= 15 is 0 Å². The van der Waals surface area contributed by atoms with Crippen LogP contribution in [0.4, 0.5) is 0 Å². The number of rotatable bonds is 7. The maximum atomic E-state index is 6.66. The smallest absolute Gasteiger partial charge is 0.163 e. The third-order valence-electron chi connectivity index (χ3n) is 12.3. The maximum absolute atomic E-state index is 6.66. The van der Waals surface area contributed by atoms with E-state index < -0.39 is 0 Å². The number of hydrogen-bond donors (Lipinski definition) is 2. The van der Waals surface area contributed by atoms with E-state index in [9.17, 15) is 0 Å². The summed E-state index contributed by atoms with van der Waals surface area (Å²) in [6.07, 6.45) is 38.1. The lowest BCUT2D eigenvalue weighted by molar-refractivity contribution is 0.159. The average Bonchev–Trinajstić information content (AvgIpc) is 3.66. The molecule has 10 rings (SSSR count). The zero-order chi connectivity index (χ0) is 37.4. The molecule has 6 nitrogen and oxygen atoms in total. The quantitative estimate of drug-likeness (QED) is 0.252. The van der Waals surface area contributed by atoms with E-state index in [4.69, 9.17) is 25.4 Å². The Bertz CT molecular complexity index is 2410. The van der Waals surface area contributed by atoms with Crippen LogP contribution in [0.25, 0.3) is 22.4 Å². The van der Waals surface area contributed by atoms with Gasteiger partial charge in [-0.05, 0) is 67.7 Å². The van der Waals surface area contributed by atoms with E-state index in [2.05, 4.69) is 145 Å². The summed E-state index contributed by atoms with van der Waals surface area (Å²) in [5.74, 6) is 3.54. The van der Waals surface area contributed by atoms with Crippen LogP contribution in [0, 0.1) is 5.92 Å². The molecule has 3 aromatic rings. The second-order valence-corrected chi connectivity index (χ2v) is 15.6. The number of hydrogen-bond acceptors (Lipinski definition) is 6. The van der Waals surface area contributed by atoms with Gasteiger partial charge >= 0.3 is 0 Å². The third kappa shape index (κ3) is 6.32. The van der Waals surface area contributed by atoms with Crippen molar-refractivity contribution in [2.75, 3.05) is 6.54 Å². The molecule has 0 bridgehead atoms. The van der Waals surface area contributed by atoms with E-state index in [-0.39, 0.29) is 24.0 Å². The van der Waals surface area contributed by atoms with E-state index in [1.165, 1.54) is 27.8 Å². The Balaban J connectivity index is 1.07. The number of benzene rings is 2. The Hall–Kier alpha value is -5.85. The highest BCUT2D eigenvalue weighted by atomic mass is 16.5. The fourth-order valence-electron chi connectivity index (χ4n) is 9.60. The van der Waals surface area contributed by atoms with Gasteiger partial charge in [-0.1, -0.05) is 139 Å². The van der Waals surface area contributed by atoms with Crippen LogP contribution in [0.5, 0.6) is 0 Å². The molecule has 3 N–H and O–H groups in total. The number of nitrogens with two attached hydrogens (primary N) is 1. The van der Waals surface area contributed by atoms with E-state index in [1.807, 2.05) is 0 Å². The van der Waals surface area contributed by atoms with Crippen molar-refractivity contribution < 1.29 is 4.74 Å². The molecule has 5 atom stereocenters. The first kappa shape index (κ1) is 34.6. The summed E-state index contributed by atoms with van der Waals surface area (Å²) in [5.41, 5.74) is 18.7. The molecular weight excluding hydrogens is 687 g/mol. The summed E-state index contributed by atoms with van der Waals surface area (Å²) in [6, 6.07) is 19.7. The second kappa shape index (κ2) is 15.0. The molecule has 6 heteroatoms. The summed E-state index contributed by atoms with van der Waals surface area (Å²) in [6.45, 7) is 0.443. The van der Waals surface area contributed by atoms with Crippen molar-refractivity contribution in [2.45, 2.75) is 68.9 Å². The predicted octanol–water partition coefficient (Wildman–Crippen LogP) is 10.0. The maximum Gasteiger partial charge on any atom is 0.163 e. The standard InChI is InChI=1S/C50H47N5O/c51-31-42(32-16-4-1-5-17-32)46-39-26-11-10-25-38(39)44(45(52-46)33-18-6-2-7-19-33)35-22-14-23-36(30-35)49-53-48(34-20-8-3-9-21-34)54-50(55-49)41-28-15-27-40-37-24-12-13-29-43(37)56-47(40)41/h1-2,4-8,10-11,13,15-18,20-21,23,25-30,33,41,44-45,47,52H,3,9,12,14,19,22,24,31,51H2/b46-42+. The molecule has 0 spiro atoms. The van der Waals surface area contributed by atoms with Crippen molar-refractivity contribution in [1.82, 2.24) is 20.3 Å². The van der Waals surface area contributed by atoms with Gasteiger partial charge in [-0.15, -0.1) is 0 Å². The first-order chi connectivity index (χ1) is 27.7. The van der Waals surface area contributed by atoms with Gasteiger partial charge in [0.2, 0.25) is 0 Å². The molecule has 2 aromatic carbocycles. The fourth-order valence-corrected chi connectivity index (χ4v) is 9.60. The lowest BCUT2D eigenvalue weighted by atomic mass is 9.70. The Morgan fingerprint density at radius 2 is 1.62 bits per heavy atom. The average molecular weight is 734 g/mol. The van der Waals surface area contributed by atoms with Gasteiger partial charge in [0, 0.05) is 58.0 Å². The molecular formula is C50H47N5O. The lowest BCUT2D eigenvalue weighted by Gasteiger charge is -2.43. The summed E-state index contributed by atoms with van der Waals surface area (Å²) in [5, 5.41) is 4.14. The van der Waals surface area contributed by atoms with Crippen LogP contribution in [-0.2, 0) is 4.74 Å². The van der Waals surface area contributed by atoms with Crippen molar-refractivity contribution >= 4 is 22.4 Å². The van der Waals surface area contributed by atoms with Gasteiger partial charge in [0.25, 0.3) is 0 Å². The van der Waals surface area contributed by atoms with Crippen LogP contribution >= 0.6 is 0 Å². The highest BCUT2D eigenvalue weighted by Gasteiger charge is 2.41. The third-order valence-corrected chi connectivity index (χ3v) is 12.3. The van der Waals surface area contributed by atoms with Crippen molar-refractivity contribution in [3.63, 3.8) is 0 Å². The molecule has 56 heavy (non-hydrogen) atoms. The molecule has 3 heterocycles. The molecule has 0 amide bonds. The normalized spacial score (nSPS) is 26.9. The largest absolute Gasteiger partial charge is 0.484 e. The predicted molar refractivity (Wildman–Crippen MR) is 227 cm³/mol. The van der Waals surface area contributed by atoms with Crippen LogP contribution in [0.15, 0.2) is 162 Å². The van der Waals surface area contributed by atoms with E-state index in [1.54, 1.807) is 0 Å². The number of nitrogens with zero attached hydrogens (tertiary/aromatic N) is 3. The number of aromatic nitrogens is 3. The molecule has 278 valence electrons. The number of allylic oxidation sites excluding steroid dienone is 14. The van der Waals surface area contributed by atoms with Gasteiger partial charge in [0.15, 0.2) is 11.6 Å². The van der Waals surface area contributed by atoms with Gasteiger partial charge in [-0.2, -0.15) is 0 Å². The van der Waals surface area contributed by atoms with Gasteiger partial charge < -0.3 is 15.8 Å². The van der Waals surface area contributed by atoms with Crippen LogP contribution in [0.3, 0.4) is 0 Å². The molecule has 0 saturated carbocycles. The highest BCUT2D eigenvalue weighted by Crippen LogP contribution is 2.47. The molecule has 0 saturated heterocycles. The molecule has 1 aromatic heterocycles. The van der Waals surface area contributed by atoms with E-state index in [0.717, 1.165) is 96.2 Å². The summed E-state index contributed by atoms with van der Waals surface area (Å²) in [7, 11) is 0. The van der Waals surface area contributed by atoms with Crippen LogP contribution in [0.2, 0.25) is 0 Å². The van der Waals surface area contributed by atoms with Crippen LogP contribution < -0.4 is 11.1 Å². The Labute approximate surface area is 329 Å². The van der Waals surface area contributed by atoms with Gasteiger partial charge in [0.05, 0.1) is 5.92 Å². The highest BCUT2D eigenvalue weighted by molar-refractivity contribution is 5.93. The monoisotopic (exact) mass is 733 g/mol. The van der Waals surface area contributed by atoms with Crippen molar-refractivity contribution in [3.8, 4) is 0 Å². The number of nitrogens with one attached hydrogen (secondary N) is 1.